The molecule has 0 saturated heterocycles. The minimum Gasteiger partial charge on any atom is -0.505 e. The molecule has 38 nitrogen and oxygen atoms in total. The van der Waals surface area contributed by atoms with Crippen LogP contribution in [0.3, 0.4) is 0 Å². The van der Waals surface area contributed by atoms with Crippen molar-refractivity contribution in [1.29, 1.82) is 0 Å². The highest BCUT2D eigenvalue weighted by molar-refractivity contribution is 7.94. The topological polar surface area (TPSA) is 611 Å². The van der Waals surface area contributed by atoms with E-state index < -0.39 is 173 Å². The molecule has 45 heteroatoms. The van der Waals surface area contributed by atoms with Crippen molar-refractivity contribution in [3.05, 3.63) is 147 Å². The number of H-pyrrole nitrogens is 1. The van der Waals surface area contributed by atoms with Crippen molar-refractivity contribution in [3.63, 3.8) is 0 Å². The Hall–Kier alpha value is -9.82. The molecule has 0 saturated carbocycles. The summed E-state index contributed by atoms with van der Waals surface area (Å²) in [5.41, 5.74) is 1.37. The molecule has 492 valence electrons. The Morgan fingerprint density at radius 3 is 1.66 bits per heavy atom. The molecule has 0 spiro atoms. The van der Waals surface area contributed by atoms with E-state index in [0.29, 0.717) is 29.3 Å². The van der Waals surface area contributed by atoms with Gasteiger partial charge in [-0.25, -0.2) is 9.94 Å². The molecule has 0 atom stereocenters. The maximum Gasteiger partial charge on any atom is 0.299 e. The third-order valence-electron chi connectivity index (χ3n) is 12.6. The van der Waals surface area contributed by atoms with E-state index in [1.165, 1.54) is 24.3 Å². The van der Waals surface area contributed by atoms with Gasteiger partial charge in [-0.2, -0.15) is 60.7 Å². The number of hydrogen-bond acceptors (Lipinski definition) is 30. The highest BCUT2D eigenvalue weighted by atomic mass is 32.2. The monoisotopic (exact) mass is 1430 g/mol. The molecule has 0 aliphatic heterocycles. The van der Waals surface area contributed by atoms with E-state index in [0.717, 1.165) is 54.2 Å². The molecule has 1 heterocycles. The molecule has 0 fully saturated rings. The van der Waals surface area contributed by atoms with Crippen molar-refractivity contribution < 1.29 is 108 Å². The molecule has 0 unspecified atom stereocenters. The highest BCUT2D eigenvalue weighted by Crippen LogP contribution is 2.51. The molecule has 9 rings (SSSR count). The second kappa shape index (κ2) is 26.7. The number of aryl methyl sites for hydroxylation is 1. The van der Waals surface area contributed by atoms with Crippen LogP contribution in [-0.4, -0.2) is 115 Å². The summed E-state index contributed by atoms with van der Waals surface area (Å²) in [6, 6.07) is 23.3. The lowest BCUT2D eigenvalue weighted by Crippen LogP contribution is -2.14. The van der Waals surface area contributed by atoms with Crippen molar-refractivity contribution >= 4 is 145 Å². The van der Waals surface area contributed by atoms with Gasteiger partial charge in [-0.05, 0) is 85.3 Å². The number of anilines is 1. The summed E-state index contributed by atoms with van der Waals surface area (Å²) in [6.45, 7) is 1.64. The van der Waals surface area contributed by atoms with Gasteiger partial charge in [0.05, 0.1) is 49.2 Å². The van der Waals surface area contributed by atoms with Crippen molar-refractivity contribution in [2.45, 2.75) is 41.2 Å². The van der Waals surface area contributed by atoms with Gasteiger partial charge in [0.1, 0.15) is 58.6 Å². The average molecular weight is 1440 g/mol. The first kappa shape index (κ1) is 70.1. The molecule has 12 N–H and O–H groups in total. The maximum absolute atomic E-state index is 13.2. The fourth-order valence-electron chi connectivity index (χ4n) is 8.55. The van der Waals surface area contributed by atoms with Crippen LogP contribution < -0.4 is 11.3 Å². The standard InChI is InChI=1S/C27H20N8O19S5.C22H18N4O7S2/c1-29-33-24-20(58(47,48)49)8-12-11(25(24)36)3-5-15(27(12)59(50,51)52)31-32-16-9-18(56(41,42)43)13-7-17(55-54-53-40)23(26(37)21(13)22(16)28)34-30-14-4-2-10(35(38)39)6-19(14)57(44,45)46;1-14-7-12-18(19(13-14)35(31,32)33)23-24-21-20(15-5-3-2-4-6-15)25-26(22(21)27)16-8-10-17(11-9-16)34(28,29)30/h2-9,36-37,40H,28H2,1H3,(H,41,42,43)(H,44,45,46)(H,47,48,49)(H,50,51,52);2-13,25H,1H3,(H,28,29,30)(H,31,32,33). The number of aromatic amines is 1. The lowest BCUT2D eigenvalue weighted by Gasteiger charge is -2.15. The van der Waals surface area contributed by atoms with Crippen LogP contribution >= 0.6 is 12.0 Å². The second-order valence-corrected chi connectivity index (χ2v) is 27.7. The Morgan fingerprint density at radius 2 is 1.11 bits per heavy atom. The first-order chi connectivity index (χ1) is 43.8. The van der Waals surface area contributed by atoms with E-state index in [1.54, 1.807) is 43.3 Å². The lowest BCUT2D eigenvalue weighted by atomic mass is 10.0. The minimum absolute atomic E-state index is 0.0109. The van der Waals surface area contributed by atoms with Gasteiger partial charge in [-0.3, -0.25) is 47.3 Å². The molecule has 0 aliphatic rings. The number of nitrogen functional groups attached to an aromatic ring is 1. The molecule has 8 aromatic carbocycles. The predicted octanol–water partition coefficient (Wildman–Crippen LogP) is 9.90. The number of nitrogens with two attached hydrogens (primary N) is 1. The minimum atomic E-state index is -5.47. The van der Waals surface area contributed by atoms with Crippen LogP contribution in [0.2, 0.25) is 0 Å². The van der Waals surface area contributed by atoms with E-state index >= 15 is 0 Å². The number of rotatable bonds is 19. The molecular formula is C49H38N12O26S7. The summed E-state index contributed by atoms with van der Waals surface area (Å²) in [5.74, 6) is -2.19. The zero-order chi connectivity index (χ0) is 69.4. The van der Waals surface area contributed by atoms with Gasteiger partial charge in [0.25, 0.3) is 72.0 Å². The fraction of sp³-hybridized carbons (Fsp3) is 0.0408. The quantitative estimate of drug-likeness (QED) is 0.00682. The van der Waals surface area contributed by atoms with Gasteiger partial charge < -0.3 is 15.9 Å². The summed E-state index contributed by atoms with van der Waals surface area (Å²) in [7, 11) is -29.3. The molecule has 0 radical (unpaired) electrons. The molecule has 9 aromatic rings. The van der Waals surface area contributed by atoms with Crippen LogP contribution in [0.25, 0.3) is 38.5 Å². The Balaban J connectivity index is 0.000000274. The zero-order valence-electron chi connectivity index (χ0n) is 46.4. The number of nitrogens with zero attached hydrogens (tertiary/aromatic N) is 10. The number of phenolic OH excluding ortho intramolecular Hbond substituents is 2. The van der Waals surface area contributed by atoms with Crippen LogP contribution in [0, 0.1) is 17.0 Å². The van der Waals surface area contributed by atoms with Crippen molar-refractivity contribution in [1.82, 2.24) is 9.78 Å². The summed E-state index contributed by atoms with van der Waals surface area (Å²) >= 11 is 0.0109. The summed E-state index contributed by atoms with van der Waals surface area (Å²) in [4.78, 5) is 17.5. The number of aromatic nitrogens is 2. The van der Waals surface area contributed by atoms with Crippen molar-refractivity contribution in [2.24, 2.45) is 40.9 Å². The van der Waals surface area contributed by atoms with Gasteiger partial charge in [0.2, 0.25) is 0 Å². The lowest BCUT2D eigenvalue weighted by molar-refractivity contribution is -0.432. The number of hydrogen-bond donors (Lipinski definition) is 11. The van der Waals surface area contributed by atoms with E-state index in [9.17, 15) is 103 Å². The maximum atomic E-state index is 13.2. The third-order valence-corrected chi connectivity index (χ3v) is 18.5. The van der Waals surface area contributed by atoms with Crippen LogP contribution in [-0.2, 0) is 70.1 Å². The van der Waals surface area contributed by atoms with Crippen LogP contribution in [0.5, 0.6) is 11.5 Å². The summed E-state index contributed by atoms with van der Waals surface area (Å²) < 4.78 is 209. The van der Waals surface area contributed by atoms with Gasteiger partial charge in [-0.15, -0.1) is 35.0 Å². The number of phenols is 2. The first-order valence-corrected chi connectivity index (χ1v) is 34.0. The largest absolute Gasteiger partial charge is 0.505 e. The van der Waals surface area contributed by atoms with E-state index in [4.69, 9.17) is 11.0 Å². The Labute approximate surface area is 530 Å². The van der Waals surface area contributed by atoms with Crippen LogP contribution in [0.15, 0.2) is 201 Å². The smallest absolute Gasteiger partial charge is 0.299 e. The zero-order valence-corrected chi connectivity index (χ0v) is 52.1. The number of fused-ring (bicyclic) bond motifs is 2. The highest BCUT2D eigenvalue weighted by Gasteiger charge is 2.30. The Kier molecular flexibility index (Phi) is 19.9. The van der Waals surface area contributed by atoms with Crippen molar-refractivity contribution in [2.75, 3.05) is 12.8 Å². The SMILES string of the molecule is CN=Nc1c(S(=O)(=O)O)cc2c(S(=O)(=O)O)c(N=Nc3cc(S(=O)(=O)O)c4cc(SOOO)c(N=Nc5ccc([N+](=O)[O-])cc5S(=O)(=O)O)c(O)c4c3N)ccc2c1O.Cc1ccc(N=Nc2c(-c3ccccc3)[nH]n(-c3ccc(S(=O)(=O)O)cc3)c2=O)c(S(=O)(=O)O)c1. The normalized spacial score (nSPS) is 12.8. The number of nitrogens with one attached hydrogen (secondary N) is 1. The van der Waals surface area contributed by atoms with E-state index in [2.05, 4.69) is 55.4 Å². The van der Waals surface area contributed by atoms with E-state index in [1.807, 2.05) is 0 Å². The van der Waals surface area contributed by atoms with Crippen LogP contribution in [0.4, 0.5) is 51.2 Å². The number of nitro groups is 1. The summed E-state index contributed by atoms with van der Waals surface area (Å²) in [6.07, 6.45) is 0. The number of nitro benzene ring substituents is 1. The number of non-ortho nitro benzene ring substituents is 1. The van der Waals surface area contributed by atoms with E-state index in [-0.39, 0.29) is 39.7 Å². The second-order valence-electron chi connectivity index (χ2n) is 18.6. The van der Waals surface area contributed by atoms with Gasteiger partial charge in [0, 0.05) is 40.9 Å². The van der Waals surface area contributed by atoms with Gasteiger partial charge in [0.15, 0.2) is 17.2 Å². The number of aromatic hydroxyl groups is 2. The Bertz CT molecular complexity index is 5540. The molecule has 1 aromatic heterocycles. The predicted molar refractivity (Wildman–Crippen MR) is 324 cm³/mol. The number of azo groups is 4. The molecule has 0 amide bonds. The van der Waals surface area contributed by atoms with Gasteiger partial charge >= 0.3 is 0 Å². The molecular weight excluding hydrogens is 1400 g/mol. The average Bonchev–Trinajstić information content (AvgIpc) is 0.951. The van der Waals surface area contributed by atoms with Crippen LogP contribution in [0.1, 0.15) is 5.56 Å². The molecule has 0 aliphatic carbocycles. The van der Waals surface area contributed by atoms with Gasteiger partial charge in [-0.1, -0.05) is 41.4 Å². The fourth-order valence-corrected chi connectivity index (χ4v) is 13.0. The number of benzene rings is 8. The Morgan fingerprint density at radius 1 is 0.553 bits per heavy atom. The molecule has 0 bridgehead atoms. The third kappa shape index (κ3) is 15.1. The molecule has 94 heavy (non-hydrogen) atoms. The summed E-state index contributed by atoms with van der Waals surface area (Å²) in [5, 5.41) is 75.3. The van der Waals surface area contributed by atoms with Crippen molar-refractivity contribution in [3.8, 4) is 28.4 Å². The first-order valence-electron chi connectivity index (χ1n) is 24.7.